The Labute approximate surface area is 102 Å². The van der Waals surface area contributed by atoms with Crippen molar-refractivity contribution < 1.29 is 4.42 Å². The van der Waals surface area contributed by atoms with Crippen LogP contribution in [0.15, 0.2) is 16.5 Å². The molecule has 0 spiro atoms. The van der Waals surface area contributed by atoms with Crippen LogP contribution in [-0.2, 0) is 5.41 Å². The zero-order valence-corrected chi connectivity index (χ0v) is 11.0. The standard InChI is InChI=1S/C15H17NO/c1-9-6-11-10(2)13(8-16)17-14(11)12(7-9)15(3,4)5/h6-7H,1-5H3. The number of benzene rings is 1. The minimum atomic E-state index is 0.0152. The third kappa shape index (κ3) is 1.82. The van der Waals surface area contributed by atoms with Gasteiger partial charge < -0.3 is 4.42 Å². The molecule has 0 fully saturated rings. The number of hydrogen-bond acceptors (Lipinski definition) is 2. The second kappa shape index (κ2) is 3.63. The van der Waals surface area contributed by atoms with Gasteiger partial charge in [-0.15, -0.1) is 0 Å². The van der Waals surface area contributed by atoms with Gasteiger partial charge in [0.05, 0.1) is 0 Å². The molecule has 17 heavy (non-hydrogen) atoms. The van der Waals surface area contributed by atoms with Crippen LogP contribution in [0, 0.1) is 25.2 Å². The monoisotopic (exact) mass is 227 g/mol. The molecule has 0 aliphatic carbocycles. The van der Waals surface area contributed by atoms with Crippen LogP contribution in [0.1, 0.15) is 43.2 Å². The maximum atomic E-state index is 9.04. The lowest BCUT2D eigenvalue weighted by Gasteiger charge is -2.19. The Morgan fingerprint density at radius 3 is 2.35 bits per heavy atom. The molecule has 0 N–H and O–H groups in total. The highest BCUT2D eigenvalue weighted by Gasteiger charge is 2.22. The molecule has 0 aliphatic heterocycles. The molecule has 0 unspecified atom stereocenters. The summed E-state index contributed by atoms with van der Waals surface area (Å²) >= 11 is 0. The van der Waals surface area contributed by atoms with E-state index in [1.807, 2.05) is 6.92 Å². The van der Waals surface area contributed by atoms with Gasteiger partial charge in [-0.25, -0.2) is 0 Å². The Hall–Kier alpha value is -1.75. The molecule has 0 atom stereocenters. The molecule has 1 heterocycles. The number of fused-ring (bicyclic) bond motifs is 1. The molecular formula is C15H17NO. The van der Waals surface area contributed by atoms with E-state index in [0.717, 1.165) is 22.1 Å². The first-order valence-electron chi connectivity index (χ1n) is 5.79. The van der Waals surface area contributed by atoms with E-state index in [1.54, 1.807) is 0 Å². The van der Waals surface area contributed by atoms with E-state index in [1.165, 1.54) is 5.56 Å². The van der Waals surface area contributed by atoms with Gasteiger partial charge in [0.2, 0.25) is 5.76 Å². The van der Waals surface area contributed by atoms with Gasteiger partial charge in [0.25, 0.3) is 0 Å². The van der Waals surface area contributed by atoms with Crippen LogP contribution in [0.4, 0.5) is 0 Å². The predicted molar refractivity (Wildman–Crippen MR) is 69.1 cm³/mol. The lowest BCUT2D eigenvalue weighted by Crippen LogP contribution is -2.11. The molecule has 2 heteroatoms. The van der Waals surface area contributed by atoms with E-state index < -0.39 is 0 Å². The van der Waals surface area contributed by atoms with Crippen molar-refractivity contribution in [3.8, 4) is 6.07 Å². The molecule has 0 amide bonds. The molecule has 0 saturated carbocycles. The van der Waals surface area contributed by atoms with Crippen LogP contribution < -0.4 is 0 Å². The summed E-state index contributed by atoms with van der Waals surface area (Å²) in [5.74, 6) is 0.427. The Bertz CT molecular complexity index is 621. The lowest BCUT2D eigenvalue weighted by atomic mass is 9.85. The van der Waals surface area contributed by atoms with E-state index >= 15 is 0 Å². The first-order chi connectivity index (χ1) is 7.84. The highest BCUT2D eigenvalue weighted by molar-refractivity contribution is 5.87. The zero-order chi connectivity index (χ0) is 12.8. The van der Waals surface area contributed by atoms with E-state index in [2.05, 4.69) is 45.9 Å². The quantitative estimate of drug-likeness (QED) is 0.675. The second-order valence-corrected chi connectivity index (χ2v) is 5.61. The van der Waals surface area contributed by atoms with Crippen LogP contribution >= 0.6 is 0 Å². The van der Waals surface area contributed by atoms with Gasteiger partial charge in [0.1, 0.15) is 11.7 Å². The summed E-state index contributed by atoms with van der Waals surface area (Å²) in [6.07, 6.45) is 0. The van der Waals surface area contributed by atoms with Crippen LogP contribution in [0.25, 0.3) is 11.0 Å². The maximum absolute atomic E-state index is 9.04. The van der Waals surface area contributed by atoms with E-state index in [9.17, 15) is 0 Å². The van der Waals surface area contributed by atoms with Crippen molar-refractivity contribution in [3.63, 3.8) is 0 Å². The van der Waals surface area contributed by atoms with Crippen molar-refractivity contribution in [1.29, 1.82) is 5.26 Å². The summed E-state index contributed by atoms with van der Waals surface area (Å²) in [7, 11) is 0. The molecule has 0 saturated heterocycles. The van der Waals surface area contributed by atoms with Crippen LogP contribution in [0.5, 0.6) is 0 Å². The van der Waals surface area contributed by atoms with Gasteiger partial charge in [-0.05, 0) is 30.9 Å². The third-order valence-electron chi connectivity index (χ3n) is 3.09. The second-order valence-electron chi connectivity index (χ2n) is 5.61. The lowest BCUT2D eigenvalue weighted by molar-refractivity contribution is 0.551. The van der Waals surface area contributed by atoms with Crippen molar-refractivity contribution in [2.75, 3.05) is 0 Å². The molecule has 0 aliphatic rings. The van der Waals surface area contributed by atoms with E-state index in [0.29, 0.717) is 5.76 Å². The van der Waals surface area contributed by atoms with Crippen LogP contribution in [-0.4, -0.2) is 0 Å². The Balaban J connectivity index is 2.91. The van der Waals surface area contributed by atoms with Crippen molar-refractivity contribution in [2.24, 2.45) is 0 Å². The number of furan rings is 1. The molecule has 0 bridgehead atoms. The number of aryl methyl sites for hydroxylation is 2. The average molecular weight is 227 g/mol. The van der Waals surface area contributed by atoms with E-state index in [-0.39, 0.29) is 5.41 Å². The van der Waals surface area contributed by atoms with Gasteiger partial charge in [0, 0.05) is 16.5 Å². The average Bonchev–Trinajstić information content (AvgIpc) is 2.54. The topological polar surface area (TPSA) is 36.9 Å². The minimum absolute atomic E-state index is 0.0152. The SMILES string of the molecule is Cc1cc(C(C)(C)C)c2oc(C#N)c(C)c2c1. The fourth-order valence-corrected chi connectivity index (χ4v) is 2.13. The Kier molecular flexibility index (Phi) is 2.50. The van der Waals surface area contributed by atoms with Crippen molar-refractivity contribution in [1.82, 2.24) is 0 Å². The van der Waals surface area contributed by atoms with Crippen molar-refractivity contribution in [2.45, 2.75) is 40.0 Å². The molecule has 2 rings (SSSR count). The fourth-order valence-electron chi connectivity index (χ4n) is 2.13. The Morgan fingerprint density at radius 2 is 1.82 bits per heavy atom. The van der Waals surface area contributed by atoms with Gasteiger partial charge in [-0.2, -0.15) is 5.26 Å². The van der Waals surface area contributed by atoms with Crippen LogP contribution in [0.3, 0.4) is 0 Å². The molecule has 0 radical (unpaired) electrons. The summed E-state index contributed by atoms with van der Waals surface area (Å²) in [6, 6.07) is 6.35. The zero-order valence-electron chi connectivity index (χ0n) is 11.0. The predicted octanol–water partition coefficient (Wildman–Crippen LogP) is 4.22. The maximum Gasteiger partial charge on any atom is 0.207 e. The molecule has 1 aromatic heterocycles. The molecule has 1 aromatic carbocycles. The number of nitrogens with zero attached hydrogens (tertiary/aromatic N) is 1. The van der Waals surface area contributed by atoms with Gasteiger partial charge in [-0.1, -0.05) is 26.8 Å². The summed E-state index contributed by atoms with van der Waals surface area (Å²) < 4.78 is 5.70. The smallest absolute Gasteiger partial charge is 0.207 e. The van der Waals surface area contributed by atoms with Gasteiger partial charge in [-0.3, -0.25) is 0 Å². The molecular weight excluding hydrogens is 210 g/mol. The Morgan fingerprint density at radius 1 is 1.18 bits per heavy atom. The molecule has 2 aromatic rings. The summed E-state index contributed by atoms with van der Waals surface area (Å²) in [6.45, 7) is 10.5. The number of rotatable bonds is 0. The summed E-state index contributed by atoms with van der Waals surface area (Å²) in [5.41, 5.74) is 4.18. The van der Waals surface area contributed by atoms with E-state index in [4.69, 9.17) is 9.68 Å². The summed E-state index contributed by atoms with van der Waals surface area (Å²) in [4.78, 5) is 0. The minimum Gasteiger partial charge on any atom is -0.445 e. The van der Waals surface area contributed by atoms with Crippen molar-refractivity contribution in [3.05, 3.63) is 34.6 Å². The number of hydrogen-bond donors (Lipinski definition) is 0. The van der Waals surface area contributed by atoms with Crippen LogP contribution in [0.2, 0.25) is 0 Å². The first kappa shape index (κ1) is 11.7. The first-order valence-corrected chi connectivity index (χ1v) is 5.79. The number of nitriles is 1. The van der Waals surface area contributed by atoms with Gasteiger partial charge in [0.15, 0.2) is 0 Å². The fraction of sp³-hybridized carbons (Fsp3) is 0.400. The molecule has 88 valence electrons. The van der Waals surface area contributed by atoms with Crippen molar-refractivity contribution >= 4 is 11.0 Å². The normalized spacial score (nSPS) is 11.8. The highest BCUT2D eigenvalue weighted by atomic mass is 16.3. The third-order valence-corrected chi connectivity index (χ3v) is 3.09. The largest absolute Gasteiger partial charge is 0.445 e. The molecule has 2 nitrogen and oxygen atoms in total. The highest BCUT2D eigenvalue weighted by Crippen LogP contribution is 2.35. The van der Waals surface area contributed by atoms with Gasteiger partial charge >= 0.3 is 0 Å². The summed E-state index contributed by atoms with van der Waals surface area (Å²) in [5, 5.41) is 10.1.